The highest BCUT2D eigenvalue weighted by atomic mass is 16.5. The molecule has 0 bridgehead atoms. The second-order valence-corrected chi connectivity index (χ2v) is 7.80. The molecule has 0 aliphatic carbocycles. The van der Waals surface area contributed by atoms with Crippen molar-refractivity contribution in [2.45, 2.75) is 33.3 Å². The number of allylic oxidation sites excluding steroid dienone is 2. The number of benzene rings is 2. The van der Waals surface area contributed by atoms with E-state index in [0.717, 1.165) is 22.3 Å². The van der Waals surface area contributed by atoms with Gasteiger partial charge in [0, 0.05) is 0 Å². The lowest BCUT2D eigenvalue weighted by molar-refractivity contribution is -0.136. The normalized spacial score (nSPS) is 15.4. The van der Waals surface area contributed by atoms with Crippen LogP contribution in [0.3, 0.4) is 0 Å². The molecule has 1 heterocycles. The van der Waals surface area contributed by atoms with Crippen LogP contribution in [0, 0.1) is 25.2 Å². The molecule has 1 unspecified atom stereocenters. The van der Waals surface area contributed by atoms with E-state index >= 15 is 0 Å². The Balaban J connectivity index is 2.09. The maximum absolute atomic E-state index is 12.7. The van der Waals surface area contributed by atoms with Gasteiger partial charge in [-0.25, -0.2) is 4.79 Å². The SMILES string of the molecule is COC(=O)C1=C(C)OC(N)=C(C#N)C1c1cc(COc2c(OC)cccc2OC)c(C)cc1C. The van der Waals surface area contributed by atoms with Crippen LogP contribution in [0.5, 0.6) is 17.2 Å². The average molecular weight is 465 g/mol. The van der Waals surface area contributed by atoms with Crippen molar-refractivity contribution < 1.29 is 28.5 Å². The van der Waals surface area contributed by atoms with Gasteiger partial charge in [-0.05, 0) is 55.2 Å². The standard InChI is InChI=1S/C26H28N2O6/c1-14-10-15(2)18(23-19(12-27)25(28)34-16(3)22(23)26(29)32-6)11-17(14)13-33-24-20(30-4)8-7-9-21(24)31-5/h7-11,23H,13,28H2,1-6H3. The largest absolute Gasteiger partial charge is 0.493 e. The van der Waals surface area contributed by atoms with Crippen molar-refractivity contribution in [3.05, 3.63) is 75.4 Å². The third-order valence-corrected chi connectivity index (χ3v) is 5.80. The second kappa shape index (κ2) is 10.2. The Morgan fingerprint density at radius 1 is 1.09 bits per heavy atom. The van der Waals surface area contributed by atoms with Crippen molar-refractivity contribution in [2.75, 3.05) is 21.3 Å². The minimum absolute atomic E-state index is 0.0332. The van der Waals surface area contributed by atoms with Gasteiger partial charge < -0.3 is 29.4 Å². The Labute approximate surface area is 199 Å². The van der Waals surface area contributed by atoms with Crippen LogP contribution in [0.1, 0.15) is 35.1 Å². The molecular formula is C26H28N2O6. The molecule has 1 aliphatic rings. The van der Waals surface area contributed by atoms with Crippen LogP contribution in [0.25, 0.3) is 0 Å². The molecule has 0 saturated heterocycles. The Bertz CT molecular complexity index is 1200. The van der Waals surface area contributed by atoms with Gasteiger partial charge in [-0.2, -0.15) is 5.26 Å². The lowest BCUT2D eigenvalue weighted by atomic mass is 9.80. The number of carbonyl (C=O) groups is 1. The van der Waals surface area contributed by atoms with Gasteiger partial charge in [-0.3, -0.25) is 0 Å². The highest BCUT2D eigenvalue weighted by molar-refractivity contribution is 5.92. The van der Waals surface area contributed by atoms with Crippen molar-refractivity contribution in [3.8, 4) is 23.3 Å². The maximum atomic E-state index is 12.7. The van der Waals surface area contributed by atoms with Gasteiger partial charge in [0.15, 0.2) is 11.5 Å². The number of methoxy groups -OCH3 is 3. The molecule has 0 aromatic heterocycles. The van der Waals surface area contributed by atoms with Crippen molar-refractivity contribution in [2.24, 2.45) is 5.73 Å². The van der Waals surface area contributed by atoms with Crippen LogP contribution in [-0.2, 0) is 20.9 Å². The molecule has 8 heteroatoms. The summed E-state index contributed by atoms with van der Waals surface area (Å²) in [5.41, 5.74) is 9.87. The molecule has 0 amide bonds. The van der Waals surface area contributed by atoms with Crippen molar-refractivity contribution in [1.29, 1.82) is 5.26 Å². The summed E-state index contributed by atoms with van der Waals surface area (Å²) >= 11 is 0. The maximum Gasteiger partial charge on any atom is 0.338 e. The van der Waals surface area contributed by atoms with Crippen LogP contribution in [0.2, 0.25) is 0 Å². The quantitative estimate of drug-likeness (QED) is 0.608. The van der Waals surface area contributed by atoms with Crippen LogP contribution >= 0.6 is 0 Å². The summed E-state index contributed by atoms with van der Waals surface area (Å²) in [6, 6.07) is 11.4. The van der Waals surface area contributed by atoms with E-state index in [-0.39, 0.29) is 23.6 Å². The second-order valence-electron chi connectivity index (χ2n) is 7.80. The number of carbonyl (C=O) groups excluding carboxylic acids is 1. The summed E-state index contributed by atoms with van der Waals surface area (Å²) < 4.78 is 27.4. The van der Waals surface area contributed by atoms with E-state index in [2.05, 4.69) is 6.07 Å². The topological polar surface area (TPSA) is 113 Å². The number of nitriles is 1. The number of rotatable bonds is 7. The van der Waals surface area contributed by atoms with Gasteiger partial charge in [0.25, 0.3) is 0 Å². The fraction of sp³-hybridized carbons (Fsp3) is 0.308. The minimum Gasteiger partial charge on any atom is -0.493 e. The fourth-order valence-corrected chi connectivity index (χ4v) is 4.06. The Kier molecular flexibility index (Phi) is 7.37. The molecule has 178 valence electrons. The van der Waals surface area contributed by atoms with Gasteiger partial charge in [-0.15, -0.1) is 0 Å². The summed E-state index contributed by atoms with van der Waals surface area (Å²) in [7, 11) is 4.41. The van der Waals surface area contributed by atoms with E-state index in [9.17, 15) is 10.1 Å². The smallest absolute Gasteiger partial charge is 0.338 e. The van der Waals surface area contributed by atoms with Crippen LogP contribution in [-0.4, -0.2) is 27.3 Å². The van der Waals surface area contributed by atoms with Crippen LogP contribution in [0.4, 0.5) is 0 Å². The summed E-state index contributed by atoms with van der Waals surface area (Å²) in [4.78, 5) is 12.7. The lowest BCUT2D eigenvalue weighted by Gasteiger charge is -2.28. The molecule has 0 fully saturated rings. The number of nitrogens with two attached hydrogens (primary N) is 1. The number of para-hydroxylation sites is 1. The van der Waals surface area contributed by atoms with Crippen molar-refractivity contribution in [1.82, 2.24) is 0 Å². The molecular weight excluding hydrogens is 436 g/mol. The number of esters is 1. The van der Waals surface area contributed by atoms with Crippen LogP contribution < -0.4 is 19.9 Å². The first kappa shape index (κ1) is 24.5. The Morgan fingerprint density at radius 3 is 2.29 bits per heavy atom. The Hall–Kier alpha value is -4.12. The van der Waals surface area contributed by atoms with Gasteiger partial charge in [0.1, 0.15) is 24.0 Å². The molecule has 1 atom stereocenters. The number of hydrogen-bond acceptors (Lipinski definition) is 8. The minimum atomic E-state index is -0.730. The molecule has 1 aliphatic heterocycles. The molecule has 0 spiro atoms. The van der Waals surface area contributed by atoms with E-state index in [1.807, 2.05) is 32.0 Å². The zero-order valence-electron chi connectivity index (χ0n) is 20.1. The third kappa shape index (κ3) is 4.50. The first-order valence-corrected chi connectivity index (χ1v) is 10.6. The Morgan fingerprint density at radius 2 is 1.74 bits per heavy atom. The summed E-state index contributed by atoms with van der Waals surface area (Å²) in [6.07, 6.45) is 0. The van der Waals surface area contributed by atoms with Gasteiger partial charge >= 0.3 is 5.97 Å². The van der Waals surface area contributed by atoms with E-state index < -0.39 is 11.9 Å². The first-order chi connectivity index (χ1) is 16.3. The molecule has 34 heavy (non-hydrogen) atoms. The number of ether oxygens (including phenoxy) is 5. The molecule has 8 nitrogen and oxygen atoms in total. The number of nitrogens with zero attached hydrogens (tertiary/aromatic N) is 1. The molecule has 2 aromatic carbocycles. The van der Waals surface area contributed by atoms with E-state index in [0.29, 0.717) is 23.0 Å². The highest BCUT2D eigenvalue weighted by Gasteiger charge is 2.37. The van der Waals surface area contributed by atoms with Crippen molar-refractivity contribution in [3.63, 3.8) is 0 Å². The molecule has 2 aromatic rings. The zero-order chi connectivity index (χ0) is 25.0. The lowest BCUT2D eigenvalue weighted by Crippen LogP contribution is -2.25. The number of hydrogen-bond donors (Lipinski definition) is 1. The van der Waals surface area contributed by atoms with Gasteiger partial charge in [0.05, 0.1) is 32.8 Å². The molecule has 3 rings (SSSR count). The van der Waals surface area contributed by atoms with E-state index in [4.69, 9.17) is 29.4 Å². The molecule has 0 radical (unpaired) electrons. The third-order valence-electron chi connectivity index (χ3n) is 5.80. The summed E-state index contributed by atoms with van der Waals surface area (Å²) in [5.74, 6) is 0.517. The highest BCUT2D eigenvalue weighted by Crippen LogP contribution is 2.42. The van der Waals surface area contributed by atoms with E-state index in [1.165, 1.54) is 7.11 Å². The van der Waals surface area contributed by atoms with Gasteiger partial charge in [0.2, 0.25) is 11.6 Å². The summed E-state index contributed by atoms with van der Waals surface area (Å²) in [5, 5.41) is 9.84. The van der Waals surface area contributed by atoms with E-state index in [1.54, 1.807) is 33.3 Å². The predicted octanol–water partition coefficient (Wildman–Crippen LogP) is 4.15. The zero-order valence-corrected chi connectivity index (χ0v) is 20.1. The fourth-order valence-electron chi connectivity index (χ4n) is 4.06. The summed E-state index contributed by atoms with van der Waals surface area (Å²) in [6.45, 7) is 5.72. The average Bonchev–Trinajstić information content (AvgIpc) is 2.82. The molecule has 0 saturated carbocycles. The monoisotopic (exact) mass is 464 g/mol. The predicted molar refractivity (Wildman–Crippen MR) is 125 cm³/mol. The van der Waals surface area contributed by atoms with Crippen molar-refractivity contribution >= 4 is 5.97 Å². The first-order valence-electron chi connectivity index (χ1n) is 10.6. The molecule has 2 N–H and O–H groups in total. The number of aryl methyl sites for hydroxylation is 2. The van der Waals surface area contributed by atoms with Gasteiger partial charge in [-0.1, -0.05) is 18.2 Å². The van der Waals surface area contributed by atoms with Crippen LogP contribution in [0.15, 0.2) is 53.1 Å².